The average molecular weight is 251 g/mol. The van der Waals surface area contributed by atoms with Crippen molar-refractivity contribution < 1.29 is 9.53 Å². The molecule has 78 valence electrons. The summed E-state index contributed by atoms with van der Waals surface area (Å²) in [5, 5.41) is 0.707. The SMILES string of the molecule is CCOC(=O)[C@@H](CBr)CCC(C)C. The molecule has 0 N–H and O–H groups in total. The zero-order valence-corrected chi connectivity index (χ0v) is 10.3. The molecule has 0 amide bonds. The average Bonchev–Trinajstić information content (AvgIpc) is 2.05. The Morgan fingerprint density at radius 3 is 2.38 bits per heavy atom. The molecule has 0 aromatic rings. The normalized spacial score (nSPS) is 13.0. The van der Waals surface area contributed by atoms with E-state index in [1.807, 2.05) is 6.92 Å². The zero-order chi connectivity index (χ0) is 10.3. The minimum atomic E-state index is -0.0694. The number of hydrogen-bond donors (Lipinski definition) is 0. The van der Waals surface area contributed by atoms with Crippen LogP contribution in [0, 0.1) is 11.8 Å². The molecule has 0 unspecified atom stereocenters. The van der Waals surface area contributed by atoms with E-state index < -0.39 is 0 Å². The van der Waals surface area contributed by atoms with Crippen LogP contribution in [0.25, 0.3) is 0 Å². The lowest BCUT2D eigenvalue weighted by molar-refractivity contribution is -0.147. The molecule has 0 aromatic carbocycles. The third-order valence-electron chi connectivity index (χ3n) is 1.90. The van der Waals surface area contributed by atoms with Gasteiger partial charge in [-0.05, 0) is 19.3 Å². The second-order valence-electron chi connectivity index (χ2n) is 3.57. The first-order valence-corrected chi connectivity index (χ1v) is 5.96. The molecule has 0 aliphatic carbocycles. The van der Waals surface area contributed by atoms with Gasteiger partial charge in [-0.1, -0.05) is 36.2 Å². The van der Waals surface area contributed by atoms with Crippen molar-refractivity contribution in [1.82, 2.24) is 0 Å². The topological polar surface area (TPSA) is 26.3 Å². The van der Waals surface area contributed by atoms with Crippen LogP contribution >= 0.6 is 15.9 Å². The van der Waals surface area contributed by atoms with Gasteiger partial charge in [-0.2, -0.15) is 0 Å². The fourth-order valence-corrected chi connectivity index (χ4v) is 1.64. The van der Waals surface area contributed by atoms with Gasteiger partial charge in [-0.3, -0.25) is 4.79 Å². The van der Waals surface area contributed by atoms with Crippen LogP contribution in [0.4, 0.5) is 0 Å². The molecule has 2 nitrogen and oxygen atoms in total. The fraction of sp³-hybridized carbons (Fsp3) is 0.900. The molecule has 0 aromatic heterocycles. The predicted octanol–water partition coefficient (Wildman–Crippen LogP) is 3.00. The van der Waals surface area contributed by atoms with Crippen LogP contribution in [0.5, 0.6) is 0 Å². The highest BCUT2D eigenvalue weighted by Gasteiger charge is 2.18. The van der Waals surface area contributed by atoms with Crippen molar-refractivity contribution in [3.05, 3.63) is 0 Å². The summed E-state index contributed by atoms with van der Waals surface area (Å²) < 4.78 is 4.96. The lowest BCUT2D eigenvalue weighted by Crippen LogP contribution is -2.19. The molecular formula is C10H19BrO2. The van der Waals surface area contributed by atoms with Gasteiger partial charge in [0.25, 0.3) is 0 Å². The largest absolute Gasteiger partial charge is 0.466 e. The highest BCUT2D eigenvalue weighted by Crippen LogP contribution is 2.15. The van der Waals surface area contributed by atoms with Crippen LogP contribution in [0.3, 0.4) is 0 Å². The fourth-order valence-electron chi connectivity index (χ4n) is 1.05. The van der Waals surface area contributed by atoms with E-state index in [-0.39, 0.29) is 11.9 Å². The number of alkyl halides is 1. The predicted molar refractivity (Wildman–Crippen MR) is 58.0 cm³/mol. The lowest BCUT2D eigenvalue weighted by Gasteiger charge is -2.13. The van der Waals surface area contributed by atoms with E-state index in [0.29, 0.717) is 17.9 Å². The maximum absolute atomic E-state index is 11.3. The Hall–Kier alpha value is -0.0500. The van der Waals surface area contributed by atoms with E-state index >= 15 is 0 Å². The van der Waals surface area contributed by atoms with Gasteiger partial charge in [0, 0.05) is 5.33 Å². The molecule has 0 fully saturated rings. The standard InChI is InChI=1S/C10H19BrO2/c1-4-13-10(12)9(7-11)6-5-8(2)3/h8-9H,4-7H2,1-3H3/t9-/m1/s1. The van der Waals surface area contributed by atoms with Crippen LogP contribution in [0.1, 0.15) is 33.6 Å². The minimum absolute atomic E-state index is 0.0300. The van der Waals surface area contributed by atoms with Crippen LogP contribution in [-0.2, 0) is 9.53 Å². The summed E-state index contributed by atoms with van der Waals surface area (Å²) in [6.45, 7) is 6.64. The first-order chi connectivity index (χ1) is 6.11. The number of rotatable bonds is 6. The molecule has 0 heterocycles. The maximum Gasteiger partial charge on any atom is 0.309 e. The van der Waals surface area contributed by atoms with E-state index in [1.165, 1.54) is 0 Å². The van der Waals surface area contributed by atoms with E-state index in [4.69, 9.17) is 4.74 Å². The summed E-state index contributed by atoms with van der Waals surface area (Å²) >= 11 is 3.34. The summed E-state index contributed by atoms with van der Waals surface area (Å²) in [5.41, 5.74) is 0. The number of carbonyl (C=O) groups is 1. The van der Waals surface area contributed by atoms with E-state index in [1.54, 1.807) is 0 Å². The summed E-state index contributed by atoms with van der Waals surface area (Å²) in [4.78, 5) is 11.3. The van der Waals surface area contributed by atoms with E-state index in [2.05, 4.69) is 29.8 Å². The Bertz CT molecular complexity index is 146. The lowest BCUT2D eigenvalue weighted by atomic mass is 9.99. The molecule has 0 aliphatic rings. The van der Waals surface area contributed by atoms with Crippen molar-refractivity contribution in [2.45, 2.75) is 33.6 Å². The summed E-state index contributed by atoms with van der Waals surface area (Å²) in [6, 6.07) is 0. The van der Waals surface area contributed by atoms with Crippen LogP contribution in [-0.4, -0.2) is 17.9 Å². The van der Waals surface area contributed by atoms with Gasteiger partial charge >= 0.3 is 5.97 Å². The van der Waals surface area contributed by atoms with Crippen molar-refractivity contribution in [2.24, 2.45) is 11.8 Å². The van der Waals surface area contributed by atoms with Crippen molar-refractivity contribution in [1.29, 1.82) is 0 Å². The van der Waals surface area contributed by atoms with Crippen molar-refractivity contribution in [3.8, 4) is 0 Å². The van der Waals surface area contributed by atoms with Crippen molar-refractivity contribution in [2.75, 3.05) is 11.9 Å². The Balaban J connectivity index is 3.80. The van der Waals surface area contributed by atoms with Gasteiger partial charge in [0.2, 0.25) is 0 Å². The highest BCUT2D eigenvalue weighted by atomic mass is 79.9. The molecule has 0 saturated heterocycles. The summed E-state index contributed by atoms with van der Waals surface area (Å²) in [6.07, 6.45) is 2.00. The number of carbonyl (C=O) groups excluding carboxylic acids is 1. The van der Waals surface area contributed by atoms with Crippen molar-refractivity contribution in [3.63, 3.8) is 0 Å². The van der Waals surface area contributed by atoms with Gasteiger partial charge in [0.15, 0.2) is 0 Å². The van der Waals surface area contributed by atoms with Gasteiger partial charge in [-0.25, -0.2) is 0 Å². The Morgan fingerprint density at radius 2 is 2.00 bits per heavy atom. The van der Waals surface area contributed by atoms with Crippen molar-refractivity contribution >= 4 is 21.9 Å². The van der Waals surface area contributed by atoms with E-state index in [9.17, 15) is 4.79 Å². The molecule has 0 radical (unpaired) electrons. The number of ether oxygens (including phenoxy) is 1. The third-order valence-corrected chi connectivity index (χ3v) is 2.68. The van der Waals surface area contributed by atoms with Crippen LogP contribution in [0.15, 0.2) is 0 Å². The maximum atomic E-state index is 11.3. The second-order valence-corrected chi connectivity index (χ2v) is 4.22. The molecule has 0 saturated carbocycles. The Kier molecular flexibility index (Phi) is 7.33. The first-order valence-electron chi connectivity index (χ1n) is 4.84. The molecule has 0 rings (SSSR count). The highest BCUT2D eigenvalue weighted by molar-refractivity contribution is 9.09. The van der Waals surface area contributed by atoms with E-state index in [0.717, 1.165) is 12.8 Å². The molecule has 3 heteroatoms. The number of halogens is 1. The Labute approximate surface area is 89.2 Å². The zero-order valence-electron chi connectivity index (χ0n) is 8.68. The smallest absolute Gasteiger partial charge is 0.309 e. The van der Waals surface area contributed by atoms with Crippen LogP contribution in [0.2, 0.25) is 0 Å². The first kappa shape index (κ1) is 12.9. The quantitative estimate of drug-likeness (QED) is 0.535. The molecule has 0 bridgehead atoms. The minimum Gasteiger partial charge on any atom is -0.466 e. The molecule has 13 heavy (non-hydrogen) atoms. The molecule has 0 spiro atoms. The number of esters is 1. The second kappa shape index (κ2) is 7.36. The number of hydrogen-bond acceptors (Lipinski definition) is 2. The van der Waals surface area contributed by atoms with Gasteiger partial charge in [0.05, 0.1) is 12.5 Å². The van der Waals surface area contributed by atoms with Gasteiger partial charge in [-0.15, -0.1) is 0 Å². The molecular weight excluding hydrogens is 232 g/mol. The molecule has 0 aliphatic heterocycles. The summed E-state index contributed by atoms with van der Waals surface area (Å²) in [5.74, 6) is 0.610. The molecule has 1 atom stereocenters. The van der Waals surface area contributed by atoms with Crippen LogP contribution < -0.4 is 0 Å². The van der Waals surface area contributed by atoms with Gasteiger partial charge in [0.1, 0.15) is 0 Å². The van der Waals surface area contributed by atoms with Gasteiger partial charge < -0.3 is 4.74 Å². The third kappa shape index (κ3) is 6.08. The monoisotopic (exact) mass is 250 g/mol. The Morgan fingerprint density at radius 1 is 1.38 bits per heavy atom. The summed E-state index contributed by atoms with van der Waals surface area (Å²) in [7, 11) is 0.